The first-order chi connectivity index (χ1) is 11.2. The zero-order valence-electron chi connectivity index (χ0n) is 13.2. The van der Waals surface area contributed by atoms with Gasteiger partial charge in [-0.3, -0.25) is 4.98 Å². The van der Waals surface area contributed by atoms with E-state index in [4.69, 9.17) is 0 Å². The summed E-state index contributed by atoms with van der Waals surface area (Å²) in [6.45, 7) is 4.90. The molecule has 0 saturated carbocycles. The molecule has 0 spiro atoms. The number of nitrogens with zero attached hydrogens (tertiary/aromatic N) is 3. The van der Waals surface area contributed by atoms with Crippen LogP contribution in [-0.2, 0) is 6.54 Å². The van der Waals surface area contributed by atoms with E-state index in [0.29, 0.717) is 6.54 Å². The van der Waals surface area contributed by atoms with E-state index in [1.165, 1.54) is 11.1 Å². The summed E-state index contributed by atoms with van der Waals surface area (Å²) >= 11 is 0. The highest BCUT2D eigenvalue weighted by Gasteiger charge is 2.01. The normalized spacial score (nSPS) is 10.3. The van der Waals surface area contributed by atoms with Gasteiger partial charge in [0.05, 0.1) is 0 Å². The van der Waals surface area contributed by atoms with Crippen molar-refractivity contribution in [1.29, 1.82) is 0 Å². The summed E-state index contributed by atoms with van der Waals surface area (Å²) in [5.74, 6) is 1.55. The molecule has 3 aromatic rings. The van der Waals surface area contributed by atoms with Gasteiger partial charge in [-0.25, -0.2) is 9.97 Å². The zero-order chi connectivity index (χ0) is 16.1. The summed E-state index contributed by atoms with van der Waals surface area (Å²) in [6, 6.07) is 12.1. The number of anilines is 3. The summed E-state index contributed by atoms with van der Waals surface area (Å²) in [6.07, 6.45) is 5.12. The summed E-state index contributed by atoms with van der Waals surface area (Å²) < 4.78 is 0. The highest BCUT2D eigenvalue weighted by Crippen LogP contribution is 2.19. The number of benzene rings is 1. The fourth-order valence-corrected chi connectivity index (χ4v) is 2.18. The van der Waals surface area contributed by atoms with Crippen LogP contribution in [0.25, 0.3) is 0 Å². The van der Waals surface area contributed by atoms with Crippen LogP contribution in [0.2, 0.25) is 0 Å². The second kappa shape index (κ2) is 6.87. The molecule has 0 aliphatic carbocycles. The third kappa shape index (κ3) is 4.03. The molecule has 0 saturated heterocycles. The van der Waals surface area contributed by atoms with Gasteiger partial charge in [-0.05, 0) is 54.8 Å². The highest BCUT2D eigenvalue weighted by atomic mass is 15.1. The highest BCUT2D eigenvalue weighted by molar-refractivity contribution is 5.60. The first-order valence-corrected chi connectivity index (χ1v) is 7.50. The SMILES string of the molecule is Cc1ccc(Nc2cc(NCc3ccncc3)ncn2)cc1C. The maximum absolute atomic E-state index is 4.27. The molecule has 23 heavy (non-hydrogen) atoms. The fourth-order valence-electron chi connectivity index (χ4n) is 2.18. The van der Waals surface area contributed by atoms with E-state index in [0.717, 1.165) is 22.9 Å². The number of hydrogen-bond donors (Lipinski definition) is 2. The van der Waals surface area contributed by atoms with Crippen molar-refractivity contribution in [3.63, 3.8) is 0 Å². The lowest BCUT2D eigenvalue weighted by atomic mass is 10.1. The van der Waals surface area contributed by atoms with Crippen molar-refractivity contribution in [1.82, 2.24) is 15.0 Å². The molecule has 2 aromatic heterocycles. The molecule has 0 unspecified atom stereocenters. The van der Waals surface area contributed by atoms with Gasteiger partial charge < -0.3 is 10.6 Å². The minimum Gasteiger partial charge on any atom is -0.366 e. The number of aryl methyl sites for hydroxylation is 2. The van der Waals surface area contributed by atoms with Crippen molar-refractivity contribution < 1.29 is 0 Å². The molecule has 5 heteroatoms. The van der Waals surface area contributed by atoms with E-state index in [2.05, 4.69) is 57.6 Å². The molecule has 0 atom stereocenters. The number of nitrogens with one attached hydrogen (secondary N) is 2. The van der Waals surface area contributed by atoms with Crippen molar-refractivity contribution >= 4 is 17.3 Å². The van der Waals surface area contributed by atoms with Crippen LogP contribution in [0.3, 0.4) is 0 Å². The Bertz CT molecular complexity index is 786. The van der Waals surface area contributed by atoms with E-state index in [1.807, 2.05) is 18.2 Å². The van der Waals surface area contributed by atoms with Gasteiger partial charge in [0.15, 0.2) is 0 Å². The van der Waals surface area contributed by atoms with E-state index in [1.54, 1.807) is 18.7 Å². The van der Waals surface area contributed by atoms with Crippen LogP contribution in [-0.4, -0.2) is 15.0 Å². The molecule has 1 aromatic carbocycles. The molecule has 0 aliphatic rings. The lowest BCUT2D eigenvalue weighted by Gasteiger charge is -2.10. The first-order valence-electron chi connectivity index (χ1n) is 7.50. The van der Waals surface area contributed by atoms with Crippen molar-refractivity contribution in [3.05, 3.63) is 71.8 Å². The van der Waals surface area contributed by atoms with Crippen LogP contribution in [0.15, 0.2) is 55.1 Å². The molecule has 3 rings (SSSR count). The Morgan fingerprint density at radius 3 is 2.43 bits per heavy atom. The standard InChI is InChI=1S/C18H19N5/c1-13-3-4-16(9-14(13)2)23-18-10-17(21-12-22-18)20-11-15-5-7-19-8-6-15/h3-10,12H,11H2,1-2H3,(H2,20,21,22,23). The largest absolute Gasteiger partial charge is 0.366 e. The first kappa shape index (κ1) is 15.0. The Morgan fingerprint density at radius 1 is 0.870 bits per heavy atom. The minimum atomic E-state index is 0.697. The molecule has 0 fully saturated rings. The summed E-state index contributed by atoms with van der Waals surface area (Å²) in [5, 5.41) is 6.60. The number of pyridine rings is 1. The summed E-state index contributed by atoms with van der Waals surface area (Å²) in [7, 11) is 0. The van der Waals surface area contributed by atoms with Gasteiger partial charge in [0.2, 0.25) is 0 Å². The number of hydrogen-bond acceptors (Lipinski definition) is 5. The molecule has 0 aliphatic heterocycles. The van der Waals surface area contributed by atoms with Crippen LogP contribution >= 0.6 is 0 Å². The Kier molecular flexibility index (Phi) is 4.47. The Hall–Kier alpha value is -2.95. The predicted octanol–water partition coefficient (Wildman–Crippen LogP) is 3.84. The molecule has 2 heterocycles. The van der Waals surface area contributed by atoms with Crippen molar-refractivity contribution in [2.24, 2.45) is 0 Å². The predicted molar refractivity (Wildman–Crippen MR) is 92.8 cm³/mol. The number of rotatable bonds is 5. The molecule has 2 N–H and O–H groups in total. The summed E-state index contributed by atoms with van der Waals surface area (Å²) in [5.41, 5.74) is 4.70. The Morgan fingerprint density at radius 2 is 1.65 bits per heavy atom. The molecular weight excluding hydrogens is 286 g/mol. The Labute approximate surface area is 135 Å². The van der Waals surface area contributed by atoms with E-state index in [9.17, 15) is 0 Å². The lowest BCUT2D eigenvalue weighted by molar-refractivity contribution is 1.07. The fraction of sp³-hybridized carbons (Fsp3) is 0.167. The quantitative estimate of drug-likeness (QED) is 0.750. The molecule has 116 valence electrons. The molecule has 0 amide bonds. The van der Waals surface area contributed by atoms with Gasteiger partial charge in [-0.2, -0.15) is 0 Å². The number of aromatic nitrogens is 3. The third-order valence-corrected chi connectivity index (χ3v) is 3.67. The lowest BCUT2D eigenvalue weighted by Crippen LogP contribution is -2.03. The topological polar surface area (TPSA) is 62.7 Å². The van der Waals surface area contributed by atoms with Gasteiger partial charge in [-0.15, -0.1) is 0 Å². The average molecular weight is 305 g/mol. The molecule has 0 bridgehead atoms. The molecular formula is C18H19N5. The van der Waals surface area contributed by atoms with Gasteiger partial charge in [0.1, 0.15) is 18.0 Å². The van der Waals surface area contributed by atoms with Crippen LogP contribution in [0, 0.1) is 13.8 Å². The van der Waals surface area contributed by atoms with Gasteiger partial charge in [0.25, 0.3) is 0 Å². The van der Waals surface area contributed by atoms with Gasteiger partial charge in [0, 0.05) is 30.7 Å². The van der Waals surface area contributed by atoms with Crippen LogP contribution < -0.4 is 10.6 Å². The van der Waals surface area contributed by atoms with Crippen molar-refractivity contribution in [2.45, 2.75) is 20.4 Å². The van der Waals surface area contributed by atoms with Crippen molar-refractivity contribution in [3.8, 4) is 0 Å². The van der Waals surface area contributed by atoms with E-state index in [-0.39, 0.29) is 0 Å². The van der Waals surface area contributed by atoms with E-state index >= 15 is 0 Å². The monoisotopic (exact) mass is 305 g/mol. The maximum atomic E-state index is 4.27. The van der Waals surface area contributed by atoms with E-state index < -0.39 is 0 Å². The van der Waals surface area contributed by atoms with Gasteiger partial charge >= 0.3 is 0 Å². The molecule has 0 radical (unpaired) electrons. The summed E-state index contributed by atoms with van der Waals surface area (Å²) in [4.78, 5) is 12.5. The third-order valence-electron chi connectivity index (χ3n) is 3.67. The van der Waals surface area contributed by atoms with Crippen LogP contribution in [0.4, 0.5) is 17.3 Å². The average Bonchev–Trinajstić information content (AvgIpc) is 2.58. The second-order valence-electron chi connectivity index (χ2n) is 5.42. The van der Waals surface area contributed by atoms with Crippen LogP contribution in [0.1, 0.15) is 16.7 Å². The van der Waals surface area contributed by atoms with Gasteiger partial charge in [-0.1, -0.05) is 6.07 Å². The van der Waals surface area contributed by atoms with Crippen molar-refractivity contribution in [2.75, 3.05) is 10.6 Å². The molecule has 5 nitrogen and oxygen atoms in total. The second-order valence-corrected chi connectivity index (χ2v) is 5.42. The minimum absolute atomic E-state index is 0.697. The van der Waals surface area contributed by atoms with Crippen LogP contribution in [0.5, 0.6) is 0 Å². The Balaban J connectivity index is 1.68. The smallest absolute Gasteiger partial charge is 0.135 e. The maximum Gasteiger partial charge on any atom is 0.135 e. The zero-order valence-corrected chi connectivity index (χ0v) is 13.2.